The number of hydrogen-bond donors (Lipinski definition) is 0. The summed E-state index contributed by atoms with van der Waals surface area (Å²) in [5.41, 5.74) is 2.19. The number of fused-ring (bicyclic) bond motifs is 1. The molecule has 1 atom stereocenters. The zero-order valence-electron chi connectivity index (χ0n) is 15.3. The van der Waals surface area contributed by atoms with Crippen molar-refractivity contribution < 1.29 is 13.2 Å². The second-order valence-electron chi connectivity index (χ2n) is 6.66. The Bertz CT molecular complexity index is 1110. The first kappa shape index (κ1) is 18.8. The van der Waals surface area contributed by atoms with Crippen molar-refractivity contribution in [3.05, 3.63) is 90.0 Å². The fourth-order valence-electron chi connectivity index (χ4n) is 3.24. The van der Waals surface area contributed by atoms with E-state index in [1.54, 1.807) is 36.4 Å². The standard InChI is InChI=1S/C22H19NO3S2/c1-16-11-13-18(14-12-16)28(25,26)23-20-9-5-6-10-21(20)27-15-19(22(23)24)17-7-3-2-4-8-17/h2-14,19H,15H2,1H3/t19-/m1/s1. The van der Waals surface area contributed by atoms with Crippen molar-refractivity contribution in [3.8, 4) is 0 Å². The molecule has 142 valence electrons. The third kappa shape index (κ3) is 3.34. The quantitative estimate of drug-likeness (QED) is 0.634. The summed E-state index contributed by atoms with van der Waals surface area (Å²) in [5.74, 6) is -0.484. The minimum absolute atomic E-state index is 0.111. The number of thioether (sulfide) groups is 1. The van der Waals surface area contributed by atoms with Gasteiger partial charge in [0.05, 0.1) is 16.5 Å². The van der Waals surface area contributed by atoms with Gasteiger partial charge in [-0.25, -0.2) is 12.7 Å². The molecule has 0 saturated carbocycles. The first-order valence-electron chi connectivity index (χ1n) is 8.91. The molecular weight excluding hydrogens is 390 g/mol. The van der Waals surface area contributed by atoms with Crippen LogP contribution in [0.1, 0.15) is 17.0 Å². The number of nitrogens with zero attached hydrogens (tertiary/aromatic N) is 1. The van der Waals surface area contributed by atoms with Gasteiger partial charge in [0, 0.05) is 10.6 Å². The third-order valence-corrected chi connectivity index (χ3v) is 7.63. The lowest BCUT2D eigenvalue weighted by Crippen LogP contribution is -2.40. The number of anilines is 1. The topological polar surface area (TPSA) is 54.5 Å². The maximum atomic E-state index is 13.5. The van der Waals surface area contributed by atoms with E-state index in [4.69, 9.17) is 0 Å². The summed E-state index contributed by atoms with van der Waals surface area (Å²) in [6, 6.07) is 23.1. The zero-order chi connectivity index (χ0) is 19.7. The van der Waals surface area contributed by atoms with E-state index in [-0.39, 0.29) is 4.90 Å². The van der Waals surface area contributed by atoms with Crippen molar-refractivity contribution in [1.29, 1.82) is 0 Å². The van der Waals surface area contributed by atoms with E-state index in [2.05, 4.69) is 0 Å². The van der Waals surface area contributed by atoms with Crippen molar-refractivity contribution in [2.24, 2.45) is 0 Å². The second-order valence-corrected chi connectivity index (χ2v) is 9.51. The summed E-state index contributed by atoms with van der Waals surface area (Å²) in [7, 11) is -4.04. The van der Waals surface area contributed by atoms with Crippen molar-refractivity contribution >= 4 is 33.4 Å². The van der Waals surface area contributed by atoms with Gasteiger partial charge >= 0.3 is 0 Å². The Balaban J connectivity index is 1.88. The Hall–Kier alpha value is -2.57. The van der Waals surface area contributed by atoms with E-state index in [1.165, 1.54) is 11.8 Å². The van der Waals surface area contributed by atoms with Crippen molar-refractivity contribution in [2.75, 3.05) is 10.1 Å². The van der Waals surface area contributed by atoms with Gasteiger partial charge in [-0.3, -0.25) is 4.79 Å². The molecule has 0 bridgehead atoms. The number of carbonyl (C=O) groups excluding carboxylic acids is 1. The van der Waals surface area contributed by atoms with Crippen molar-refractivity contribution in [2.45, 2.75) is 22.6 Å². The van der Waals surface area contributed by atoms with Crippen LogP contribution in [0.4, 0.5) is 5.69 Å². The van der Waals surface area contributed by atoms with E-state index >= 15 is 0 Å². The third-order valence-electron chi connectivity index (χ3n) is 4.75. The minimum Gasteiger partial charge on any atom is -0.273 e. The van der Waals surface area contributed by atoms with Gasteiger partial charge in [0.25, 0.3) is 10.0 Å². The molecule has 4 rings (SSSR count). The number of carbonyl (C=O) groups is 1. The van der Waals surface area contributed by atoms with Crippen LogP contribution in [0.2, 0.25) is 0 Å². The van der Waals surface area contributed by atoms with Crippen LogP contribution in [-0.4, -0.2) is 20.1 Å². The van der Waals surface area contributed by atoms with Crippen molar-refractivity contribution in [1.82, 2.24) is 0 Å². The fraction of sp³-hybridized carbons (Fsp3) is 0.136. The molecule has 0 fully saturated rings. The van der Waals surface area contributed by atoms with E-state index in [0.29, 0.717) is 11.4 Å². The predicted octanol–water partition coefficient (Wildman–Crippen LogP) is 4.61. The normalized spacial score (nSPS) is 17.1. The molecule has 0 radical (unpaired) electrons. The molecule has 0 aliphatic carbocycles. The highest BCUT2D eigenvalue weighted by Crippen LogP contribution is 2.41. The van der Waals surface area contributed by atoms with Crippen LogP contribution >= 0.6 is 11.8 Å². The maximum absolute atomic E-state index is 13.5. The first-order chi connectivity index (χ1) is 13.5. The molecule has 1 heterocycles. The van der Waals surface area contributed by atoms with E-state index in [9.17, 15) is 13.2 Å². The number of para-hydroxylation sites is 1. The zero-order valence-corrected chi connectivity index (χ0v) is 16.9. The monoisotopic (exact) mass is 409 g/mol. The Morgan fingerprint density at radius 3 is 2.25 bits per heavy atom. The first-order valence-corrected chi connectivity index (χ1v) is 11.3. The molecule has 4 nitrogen and oxygen atoms in total. The molecule has 0 unspecified atom stereocenters. The van der Waals surface area contributed by atoms with Crippen LogP contribution in [-0.2, 0) is 14.8 Å². The molecule has 1 aliphatic heterocycles. The minimum atomic E-state index is -4.04. The summed E-state index contributed by atoms with van der Waals surface area (Å²) < 4.78 is 28.0. The maximum Gasteiger partial charge on any atom is 0.270 e. The van der Waals surface area contributed by atoms with Crippen LogP contribution in [0.25, 0.3) is 0 Å². The Kier molecular flexibility index (Phi) is 5.00. The molecule has 1 amide bonds. The molecule has 0 spiro atoms. The molecule has 28 heavy (non-hydrogen) atoms. The lowest BCUT2D eigenvalue weighted by atomic mass is 10.0. The van der Waals surface area contributed by atoms with Crippen LogP contribution in [0.3, 0.4) is 0 Å². The average Bonchev–Trinajstić information content (AvgIpc) is 2.85. The molecule has 3 aromatic rings. The highest BCUT2D eigenvalue weighted by atomic mass is 32.2. The Morgan fingerprint density at radius 1 is 0.893 bits per heavy atom. The highest BCUT2D eigenvalue weighted by Gasteiger charge is 2.39. The van der Waals surface area contributed by atoms with Crippen LogP contribution in [0.5, 0.6) is 0 Å². The van der Waals surface area contributed by atoms with Crippen LogP contribution in [0.15, 0.2) is 88.7 Å². The number of rotatable bonds is 3. The number of aryl methyl sites for hydroxylation is 1. The molecule has 3 aromatic carbocycles. The molecule has 0 N–H and O–H groups in total. The largest absolute Gasteiger partial charge is 0.273 e. The van der Waals surface area contributed by atoms with Gasteiger partial charge in [0.1, 0.15) is 0 Å². The summed E-state index contributed by atoms with van der Waals surface area (Å²) in [6.45, 7) is 1.89. The molecular formula is C22H19NO3S2. The Labute approximate surface area is 169 Å². The predicted molar refractivity (Wildman–Crippen MR) is 112 cm³/mol. The van der Waals surface area contributed by atoms with Gasteiger partial charge in [-0.15, -0.1) is 11.8 Å². The number of sulfonamides is 1. The van der Waals surface area contributed by atoms with Gasteiger partial charge < -0.3 is 0 Å². The van der Waals surface area contributed by atoms with Gasteiger partial charge in [0.15, 0.2) is 0 Å². The van der Waals surface area contributed by atoms with E-state index in [0.717, 1.165) is 20.3 Å². The fourth-order valence-corrected chi connectivity index (χ4v) is 5.93. The molecule has 6 heteroatoms. The SMILES string of the molecule is Cc1ccc(S(=O)(=O)N2C(=O)[C@@H](c3ccccc3)CSc3ccccc32)cc1. The lowest BCUT2D eigenvalue weighted by Gasteiger charge is -2.25. The summed E-state index contributed by atoms with van der Waals surface area (Å²) in [5, 5.41) is 0. The number of amides is 1. The van der Waals surface area contributed by atoms with Crippen LogP contribution in [0, 0.1) is 6.92 Å². The molecule has 1 aliphatic rings. The summed E-state index contributed by atoms with van der Waals surface area (Å²) >= 11 is 1.51. The second kappa shape index (κ2) is 7.45. The molecule has 0 aromatic heterocycles. The van der Waals surface area contributed by atoms with Gasteiger partial charge in [-0.05, 0) is 36.8 Å². The van der Waals surface area contributed by atoms with E-state index in [1.807, 2.05) is 49.4 Å². The van der Waals surface area contributed by atoms with Crippen LogP contribution < -0.4 is 4.31 Å². The molecule has 0 saturated heterocycles. The lowest BCUT2D eigenvalue weighted by molar-refractivity contribution is -0.118. The van der Waals surface area contributed by atoms with Gasteiger partial charge in [0.2, 0.25) is 5.91 Å². The number of benzene rings is 3. The van der Waals surface area contributed by atoms with E-state index < -0.39 is 21.8 Å². The highest BCUT2D eigenvalue weighted by molar-refractivity contribution is 7.99. The van der Waals surface area contributed by atoms with Crippen molar-refractivity contribution in [3.63, 3.8) is 0 Å². The van der Waals surface area contributed by atoms with Gasteiger partial charge in [-0.2, -0.15) is 0 Å². The average molecular weight is 410 g/mol. The Morgan fingerprint density at radius 2 is 1.54 bits per heavy atom. The summed E-state index contributed by atoms with van der Waals surface area (Å²) in [6.07, 6.45) is 0. The summed E-state index contributed by atoms with van der Waals surface area (Å²) in [4.78, 5) is 14.4. The van der Waals surface area contributed by atoms with Gasteiger partial charge in [-0.1, -0.05) is 60.2 Å². The smallest absolute Gasteiger partial charge is 0.270 e. The number of hydrogen-bond acceptors (Lipinski definition) is 4.